The molecule has 11 saturated carbocycles. The van der Waals surface area contributed by atoms with Gasteiger partial charge in [-0.1, -0.05) is 170 Å². The Hall–Kier alpha value is -2.92. The number of ketones is 1. The van der Waals surface area contributed by atoms with Crippen molar-refractivity contribution in [2.75, 3.05) is 0 Å². The van der Waals surface area contributed by atoms with Crippen LogP contribution in [0.1, 0.15) is 295 Å². The summed E-state index contributed by atoms with van der Waals surface area (Å²) in [6.45, 7) is 57.8. The van der Waals surface area contributed by atoms with Gasteiger partial charge in [0, 0.05) is 28.1 Å². The second kappa shape index (κ2) is 29.2. The summed E-state index contributed by atoms with van der Waals surface area (Å²) >= 11 is 0. The summed E-state index contributed by atoms with van der Waals surface area (Å²) in [6.07, 6.45) is 65.8. The highest BCUT2D eigenvalue weighted by atomic mass is 28.4. The molecule has 0 saturated heterocycles. The van der Waals surface area contributed by atoms with Crippen molar-refractivity contribution in [1.82, 2.24) is 0 Å². The number of carbonyl (C=O) groups is 1. The van der Waals surface area contributed by atoms with Crippen molar-refractivity contribution in [3.8, 4) is 0 Å². The molecule has 0 aliphatic heterocycles. The van der Waals surface area contributed by atoms with E-state index in [1.54, 1.807) is 27.9 Å². The Balaban J connectivity index is 0.000000125. The summed E-state index contributed by atoms with van der Waals surface area (Å²) in [6, 6.07) is 0. The highest BCUT2D eigenvalue weighted by molar-refractivity contribution is 6.74. The van der Waals surface area contributed by atoms with Crippen LogP contribution in [0, 0.1) is 114 Å². The molecule has 582 valence electrons. The zero-order valence-corrected chi connectivity index (χ0v) is 72.2. The molecule has 0 aromatic heterocycles. The summed E-state index contributed by atoms with van der Waals surface area (Å²) in [5.41, 5.74) is 12.9. The Morgan fingerprint density at radius 1 is 0.429 bits per heavy atom. The fourth-order valence-electron chi connectivity index (χ4n) is 28.6. The number of carbonyl (C=O) groups excluding carboxylic acids is 1. The maximum absolute atomic E-state index is 12.1. The number of rotatable bonds is 9. The summed E-state index contributed by atoms with van der Waals surface area (Å²) in [4.78, 5) is 12.1. The Morgan fingerprint density at radius 2 is 0.781 bits per heavy atom. The molecule has 0 amide bonds. The minimum absolute atomic E-state index is 0.0638. The molecule has 0 radical (unpaired) electrons. The first-order valence-corrected chi connectivity index (χ1v) is 50.0. The molecule has 16 aliphatic carbocycles. The zero-order chi connectivity index (χ0) is 75.7. The van der Waals surface area contributed by atoms with E-state index in [2.05, 4.69) is 203 Å². The summed E-state index contributed by atoms with van der Waals surface area (Å²) in [5.74, 6) is 9.57. The first-order chi connectivity index (χ1) is 49.5. The van der Waals surface area contributed by atoms with E-state index in [-0.39, 0.29) is 49.7 Å². The van der Waals surface area contributed by atoms with Crippen molar-refractivity contribution in [3.63, 3.8) is 0 Å². The van der Waals surface area contributed by atoms with Gasteiger partial charge in [0.15, 0.2) is 22.4 Å². The predicted molar refractivity (Wildman–Crippen MR) is 447 cm³/mol. The Kier molecular flexibility index (Phi) is 22.3. The second-order valence-electron chi connectivity index (χ2n) is 42.6. The molecule has 12 unspecified atom stereocenters. The second-order valence-corrected chi connectivity index (χ2v) is 52.1. The molecule has 105 heavy (non-hydrogen) atoms. The lowest BCUT2D eigenvalue weighted by molar-refractivity contribution is -0.117. The van der Waals surface area contributed by atoms with Crippen molar-refractivity contribution >= 4 is 22.4 Å². The highest BCUT2D eigenvalue weighted by Crippen LogP contribution is 2.72. The standard InChI is InChI=1S/C28H46OSi.C26H42O2Si.2C22H32O/c1-9-20-15-18-28(10-2)21(19-20)11-12-22-23-13-14-25(27(23,6)17-16-24(22)28)29-30(7,8)26(3,4)5;1-8-26-16-13-19(27)17-18(26)9-10-20-21-11-12-23(25(21,5)15-14-22(20)26)28-29(6,7)24(2,3)4;2*1-4-15-10-13-22(5-2)16(14-15)6-7-17-18-8-9-20(23)21(18,3)12-11-19(17)22/h9-10,19,22-25H,2,11-18H2,1,3-8H3;8,17,20-23H,1,9-16H2,2-7H3;5-6,14,17-20,23H,2,4,7-13H2,1,3H3;4-5,14,17-20,23H,2,6-13H2,1,3H3/t22?,23?,24?,25-,27-,28-;20?,21?,22?,23-,25-,26-;2*17?,18?,19?,20-,21-,22-/m0000/s1. The largest absolute Gasteiger partial charge is 0.413 e. The molecule has 0 aromatic carbocycles. The van der Waals surface area contributed by atoms with E-state index < -0.39 is 16.6 Å². The lowest BCUT2D eigenvalue weighted by Gasteiger charge is -2.59. The predicted octanol–water partition coefficient (Wildman–Crippen LogP) is 26.4. The van der Waals surface area contributed by atoms with Crippen LogP contribution in [0.2, 0.25) is 36.3 Å². The molecule has 0 heterocycles. The van der Waals surface area contributed by atoms with Gasteiger partial charge in [-0.15, -0.1) is 26.3 Å². The molecular formula is C98H152O5Si2. The number of aliphatic hydroxyl groups is 2. The van der Waals surface area contributed by atoms with E-state index in [9.17, 15) is 15.0 Å². The molecule has 11 fully saturated rings. The highest BCUT2D eigenvalue weighted by Gasteiger charge is 2.65. The summed E-state index contributed by atoms with van der Waals surface area (Å²) < 4.78 is 14.2. The SMILES string of the molecule is C=C[C@]12CCC(=CC)C=C1CCC1C2CC[C@@]2(C)C1CC[C@@H]2O.C=C[C@]12CCC(=CC)C=C1CCC1C2CC[C@@]2(C)C1CC[C@@H]2O[Si](C)(C)C(C)(C)C.C=C[C@]12CCC(=O)C=C1CCC1C2CC[C@@]2(C)C1CC[C@@H]2O[Si](C)(C)C(C)(C)C.C=C[C@]12CCC(CC)=CC1=CCC1C2CC[C@@]2(C)C1CC[C@@H]2O. The lowest BCUT2D eigenvalue weighted by Crippen LogP contribution is -2.54. The first kappa shape index (κ1) is 80.1. The van der Waals surface area contributed by atoms with Crippen LogP contribution in [-0.2, 0) is 13.6 Å². The van der Waals surface area contributed by atoms with Crippen LogP contribution >= 0.6 is 0 Å². The monoisotopic (exact) mass is 1470 g/mol. The molecular weight excluding hydrogens is 1310 g/mol. The minimum Gasteiger partial charge on any atom is -0.413 e. The van der Waals surface area contributed by atoms with Crippen LogP contribution in [0.5, 0.6) is 0 Å². The van der Waals surface area contributed by atoms with E-state index in [1.165, 1.54) is 185 Å². The number of hydrogen-bond donors (Lipinski definition) is 2. The molecule has 0 spiro atoms. The van der Waals surface area contributed by atoms with E-state index in [1.807, 2.05) is 6.08 Å². The van der Waals surface area contributed by atoms with Gasteiger partial charge in [-0.3, -0.25) is 4.79 Å². The number of fused-ring (bicyclic) bond motifs is 20. The van der Waals surface area contributed by atoms with E-state index in [4.69, 9.17) is 8.85 Å². The lowest BCUT2D eigenvalue weighted by atomic mass is 9.47. The summed E-state index contributed by atoms with van der Waals surface area (Å²) in [7, 11) is -3.49. The van der Waals surface area contributed by atoms with Crippen LogP contribution in [-0.4, -0.2) is 57.0 Å². The smallest absolute Gasteiger partial charge is 0.192 e. The van der Waals surface area contributed by atoms with Crippen LogP contribution in [0.3, 0.4) is 0 Å². The summed E-state index contributed by atoms with van der Waals surface area (Å²) in [5, 5.41) is 21.7. The van der Waals surface area contributed by atoms with Crippen LogP contribution in [0.4, 0.5) is 0 Å². The molecule has 0 bridgehead atoms. The van der Waals surface area contributed by atoms with Crippen molar-refractivity contribution in [1.29, 1.82) is 0 Å². The molecule has 5 nitrogen and oxygen atoms in total. The maximum atomic E-state index is 12.1. The molecule has 16 rings (SSSR count). The minimum atomic E-state index is -1.76. The van der Waals surface area contributed by atoms with Gasteiger partial charge in [-0.2, -0.15) is 0 Å². The van der Waals surface area contributed by atoms with Gasteiger partial charge >= 0.3 is 0 Å². The zero-order valence-electron chi connectivity index (χ0n) is 70.2. The Labute approximate surface area is 644 Å². The topological polar surface area (TPSA) is 76.0 Å². The van der Waals surface area contributed by atoms with Crippen molar-refractivity contribution in [2.45, 2.75) is 356 Å². The first-order valence-electron chi connectivity index (χ1n) is 44.2. The van der Waals surface area contributed by atoms with Gasteiger partial charge in [0.2, 0.25) is 0 Å². The van der Waals surface area contributed by atoms with E-state index in [0.29, 0.717) is 52.1 Å². The quantitative estimate of drug-likeness (QED) is 0.178. The Bertz CT molecular complexity index is 3530. The molecule has 24 atom stereocenters. The van der Waals surface area contributed by atoms with Crippen molar-refractivity contribution < 1.29 is 23.9 Å². The van der Waals surface area contributed by atoms with Crippen molar-refractivity contribution in [3.05, 3.63) is 132 Å². The third-order valence-corrected chi connectivity index (χ3v) is 46.1. The van der Waals surface area contributed by atoms with Gasteiger partial charge in [0.1, 0.15) is 0 Å². The van der Waals surface area contributed by atoms with Crippen LogP contribution in [0.15, 0.2) is 132 Å². The average molecular weight is 1470 g/mol. The number of aliphatic hydroxyl groups excluding tert-OH is 2. The van der Waals surface area contributed by atoms with Gasteiger partial charge < -0.3 is 19.1 Å². The normalized spacial score (nSPS) is 45.8. The van der Waals surface area contributed by atoms with E-state index >= 15 is 0 Å². The van der Waals surface area contributed by atoms with Crippen LogP contribution < -0.4 is 0 Å². The molecule has 0 aromatic rings. The maximum Gasteiger partial charge on any atom is 0.192 e. The van der Waals surface area contributed by atoms with Crippen LogP contribution in [0.25, 0.3) is 0 Å². The van der Waals surface area contributed by atoms with E-state index in [0.717, 1.165) is 84.9 Å². The van der Waals surface area contributed by atoms with Crippen molar-refractivity contribution in [2.24, 2.45) is 114 Å². The molecule has 16 aliphatic rings. The molecule has 7 heteroatoms. The average Bonchev–Trinajstić information content (AvgIpc) is 1.71. The van der Waals surface area contributed by atoms with Gasteiger partial charge in [0.25, 0.3) is 0 Å². The van der Waals surface area contributed by atoms with Gasteiger partial charge in [0.05, 0.1) is 24.4 Å². The number of hydrogen-bond acceptors (Lipinski definition) is 5. The fraction of sp³-hybridized carbons (Fsp3) is 0.765. The fourth-order valence-corrected chi connectivity index (χ4v) is 31.5. The Morgan fingerprint density at radius 3 is 1.17 bits per heavy atom. The van der Waals surface area contributed by atoms with Gasteiger partial charge in [-0.05, 0) is 353 Å². The third-order valence-electron chi connectivity index (χ3n) is 37.2. The van der Waals surface area contributed by atoms with Gasteiger partial charge in [-0.25, -0.2) is 0 Å². The molecule has 2 N–H and O–H groups in total. The number of allylic oxidation sites excluding steroid dienone is 17. The third kappa shape index (κ3) is 13.1.